The van der Waals surface area contributed by atoms with Crippen molar-refractivity contribution in [3.8, 4) is 11.1 Å². The van der Waals surface area contributed by atoms with Gasteiger partial charge in [0.05, 0.1) is 5.41 Å². The van der Waals surface area contributed by atoms with Gasteiger partial charge in [-0.15, -0.1) is 0 Å². The first-order chi connectivity index (χ1) is 12.8. The molecule has 0 bridgehead atoms. The topological polar surface area (TPSA) is 0 Å². The number of halogens is 1. The van der Waals surface area contributed by atoms with Crippen molar-refractivity contribution >= 4 is 22.6 Å². The summed E-state index contributed by atoms with van der Waals surface area (Å²) in [6, 6.07) is 16.1. The first-order valence-electron chi connectivity index (χ1n) is 9.78. The fourth-order valence-electron chi connectivity index (χ4n) is 5.16. The summed E-state index contributed by atoms with van der Waals surface area (Å²) >= 11 is 2.47. The summed E-state index contributed by atoms with van der Waals surface area (Å²) in [6.07, 6.45) is 17.2. The maximum absolute atomic E-state index is 2.55. The molecule has 0 aromatic heterocycles. The molecule has 0 saturated heterocycles. The van der Waals surface area contributed by atoms with Crippen LogP contribution in [0.1, 0.15) is 49.7 Å². The van der Waals surface area contributed by atoms with E-state index in [1.54, 1.807) is 5.57 Å². The fourth-order valence-corrected chi connectivity index (χ4v) is 5.66. The van der Waals surface area contributed by atoms with Crippen LogP contribution >= 0.6 is 22.6 Å². The highest BCUT2D eigenvalue weighted by Crippen LogP contribution is 2.58. The van der Waals surface area contributed by atoms with E-state index in [1.165, 1.54) is 63.5 Å². The fraction of sp³-hybridized carbons (Fsp3) is 0.280. The molecule has 0 aliphatic heterocycles. The summed E-state index contributed by atoms with van der Waals surface area (Å²) in [5, 5.41) is 0. The summed E-state index contributed by atoms with van der Waals surface area (Å²) in [5.74, 6) is 0. The van der Waals surface area contributed by atoms with Gasteiger partial charge in [-0.1, -0.05) is 60.2 Å². The molecule has 0 spiro atoms. The van der Waals surface area contributed by atoms with Crippen molar-refractivity contribution in [3.63, 3.8) is 0 Å². The van der Waals surface area contributed by atoms with Gasteiger partial charge < -0.3 is 0 Å². The minimum Gasteiger partial charge on any atom is -0.0839 e. The molecule has 130 valence electrons. The zero-order valence-corrected chi connectivity index (χ0v) is 17.1. The molecule has 0 amide bonds. The Morgan fingerprint density at radius 1 is 0.808 bits per heavy atom. The van der Waals surface area contributed by atoms with Gasteiger partial charge >= 0.3 is 0 Å². The Labute approximate surface area is 169 Å². The monoisotopic (exact) mass is 450 g/mol. The lowest BCUT2D eigenvalue weighted by Crippen LogP contribution is -2.31. The summed E-state index contributed by atoms with van der Waals surface area (Å²) in [5.41, 5.74) is 8.86. The van der Waals surface area contributed by atoms with Gasteiger partial charge in [0, 0.05) is 3.57 Å². The third-order valence-corrected chi connectivity index (χ3v) is 6.88. The van der Waals surface area contributed by atoms with E-state index >= 15 is 0 Å². The predicted molar refractivity (Wildman–Crippen MR) is 118 cm³/mol. The molecule has 2 aromatic rings. The molecule has 1 atom stereocenters. The smallest absolute Gasteiger partial charge is 0.0670 e. The Balaban J connectivity index is 1.90. The number of rotatable bonds is 2. The molecule has 0 N–H and O–H groups in total. The van der Waals surface area contributed by atoms with Gasteiger partial charge in [0.2, 0.25) is 0 Å². The molecule has 26 heavy (non-hydrogen) atoms. The van der Waals surface area contributed by atoms with Crippen LogP contribution in [0.2, 0.25) is 0 Å². The van der Waals surface area contributed by atoms with Gasteiger partial charge in [-0.3, -0.25) is 0 Å². The Morgan fingerprint density at radius 2 is 1.69 bits per heavy atom. The molecule has 0 saturated carbocycles. The highest BCUT2D eigenvalue weighted by molar-refractivity contribution is 14.1. The summed E-state index contributed by atoms with van der Waals surface area (Å²) in [4.78, 5) is 0. The molecule has 0 nitrogen and oxygen atoms in total. The lowest BCUT2D eigenvalue weighted by atomic mass is 9.63. The predicted octanol–water partition coefficient (Wildman–Crippen LogP) is 7.33. The van der Waals surface area contributed by atoms with Crippen molar-refractivity contribution in [1.82, 2.24) is 0 Å². The number of fused-ring (bicyclic) bond motifs is 3. The highest BCUT2D eigenvalue weighted by atomic mass is 127. The van der Waals surface area contributed by atoms with E-state index in [4.69, 9.17) is 0 Å². The second kappa shape index (κ2) is 6.53. The van der Waals surface area contributed by atoms with Crippen LogP contribution in [0, 0.1) is 3.57 Å². The second-order valence-electron chi connectivity index (χ2n) is 7.60. The van der Waals surface area contributed by atoms with Crippen LogP contribution in [-0.2, 0) is 5.41 Å². The first-order valence-corrected chi connectivity index (χ1v) is 10.9. The van der Waals surface area contributed by atoms with Crippen LogP contribution in [-0.4, -0.2) is 0 Å². The molecular formula is C25H23I. The van der Waals surface area contributed by atoms with Gasteiger partial charge in [-0.05, 0) is 101 Å². The Bertz CT molecular complexity index is 960. The molecule has 0 heterocycles. The summed E-state index contributed by atoms with van der Waals surface area (Å²) in [6.45, 7) is 0. The Hall–Kier alpha value is -1.61. The zero-order chi connectivity index (χ0) is 17.6. The van der Waals surface area contributed by atoms with Gasteiger partial charge in [0.1, 0.15) is 0 Å². The zero-order valence-electron chi connectivity index (χ0n) is 15.0. The number of allylic oxidation sites excluding steroid dienone is 6. The molecular weight excluding hydrogens is 427 g/mol. The van der Waals surface area contributed by atoms with E-state index in [-0.39, 0.29) is 5.41 Å². The third kappa shape index (κ3) is 2.32. The van der Waals surface area contributed by atoms with E-state index in [1.807, 2.05) is 0 Å². The molecule has 3 aliphatic carbocycles. The van der Waals surface area contributed by atoms with Gasteiger partial charge in [0.25, 0.3) is 0 Å². The molecule has 1 heteroatoms. The average Bonchev–Trinajstić information content (AvgIpc) is 3.00. The van der Waals surface area contributed by atoms with Crippen LogP contribution in [0.5, 0.6) is 0 Å². The molecule has 3 aliphatic rings. The molecule has 0 fully saturated rings. The van der Waals surface area contributed by atoms with Crippen molar-refractivity contribution in [2.24, 2.45) is 0 Å². The number of hydrogen-bond donors (Lipinski definition) is 0. The highest BCUT2D eigenvalue weighted by Gasteiger charge is 2.47. The SMILES string of the molecule is Ic1ccc2c(c1)C(C1=CCCC=C1)(C1=CCCCC1)c1ccccc1-2. The normalized spacial score (nSPS) is 23.9. The standard InChI is InChI=1S/C25H23I/c26-20-15-16-22-21-13-7-8-14-23(21)25(24(22)17-20,18-9-3-1-4-10-18)19-11-5-2-6-12-19/h3,7-11,13-17H,1-2,4-6,12H2. The Morgan fingerprint density at radius 3 is 2.50 bits per heavy atom. The third-order valence-electron chi connectivity index (χ3n) is 6.21. The largest absolute Gasteiger partial charge is 0.0839 e. The first kappa shape index (κ1) is 16.6. The van der Waals surface area contributed by atoms with E-state index in [0.29, 0.717) is 0 Å². The van der Waals surface area contributed by atoms with Crippen LogP contribution in [0.15, 0.2) is 77.9 Å². The molecule has 2 aromatic carbocycles. The Kier molecular flexibility index (Phi) is 4.16. The number of hydrogen-bond acceptors (Lipinski definition) is 0. The van der Waals surface area contributed by atoms with Crippen LogP contribution in [0.3, 0.4) is 0 Å². The van der Waals surface area contributed by atoms with E-state index in [9.17, 15) is 0 Å². The van der Waals surface area contributed by atoms with E-state index in [2.05, 4.69) is 89.4 Å². The minimum atomic E-state index is -0.0789. The van der Waals surface area contributed by atoms with Crippen molar-refractivity contribution in [1.29, 1.82) is 0 Å². The van der Waals surface area contributed by atoms with Gasteiger partial charge in [0.15, 0.2) is 0 Å². The average molecular weight is 450 g/mol. The molecule has 1 unspecified atom stereocenters. The van der Waals surface area contributed by atoms with Gasteiger partial charge in [-0.25, -0.2) is 0 Å². The quantitative estimate of drug-likeness (QED) is 0.332. The van der Waals surface area contributed by atoms with Gasteiger partial charge in [-0.2, -0.15) is 0 Å². The van der Waals surface area contributed by atoms with Crippen molar-refractivity contribution in [3.05, 3.63) is 92.6 Å². The van der Waals surface area contributed by atoms with Crippen molar-refractivity contribution < 1.29 is 0 Å². The maximum atomic E-state index is 2.55. The lowest BCUT2D eigenvalue weighted by molar-refractivity contribution is 0.608. The second-order valence-corrected chi connectivity index (χ2v) is 8.85. The summed E-state index contributed by atoms with van der Waals surface area (Å²) in [7, 11) is 0. The van der Waals surface area contributed by atoms with Crippen molar-refractivity contribution in [2.45, 2.75) is 43.9 Å². The van der Waals surface area contributed by atoms with Crippen LogP contribution < -0.4 is 0 Å². The number of benzene rings is 2. The molecule has 0 radical (unpaired) electrons. The van der Waals surface area contributed by atoms with Crippen LogP contribution in [0.25, 0.3) is 11.1 Å². The minimum absolute atomic E-state index is 0.0789. The van der Waals surface area contributed by atoms with Crippen molar-refractivity contribution in [2.75, 3.05) is 0 Å². The van der Waals surface area contributed by atoms with E-state index in [0.717, 1.165) is 6.42 Å². The maximum Gasteiger partial charge on any atom is 0.0670 e. The van der Waals surface area contributed by atoms with E-state index < -0.39 is 0 Å². The molecule has 5 rings (SSSR count). The lowest BCUT2D eigenvalue weighted by Gasteiger charge is -2.39. The summed E-state index contributed by atoms with van der Waals surface area (Å²) < 4.78 is 1.33. The van der Waals surface area contributed by atoms with Crippen LogP contribution in [0.4, 0.5) is 0 Å².